The molecule has 4 aromatic rings. The van der Waals surface area contributed by atoms with Gasteiger partial charge in [-0.15, -0.1) is 11.3 Å². The van der Waals surface area contributed by atoms with Gasteiger partial charge in [0.1, 0.15) is 11.3 Å². The third-order valence-corrected chi connectivity index (χ3v) is 7.65. The summed E-state index contributed by atoms with van der Waals surface area (Å²) in [6.45, 7) is 2.06. The maximum absolute atomic E-state index is 12.2. The van der Waals surface area contributed by atoms with Gasteiger partial charge in [-0.1, -0.05) is 42.8 Å². The monoisotopic (exact) mass is 487 g/mol. The zero-order valence-corrected chi connectivity index (χ0v) is 20.0. The molecule has 0 aliphatic carbocycles. The number of nitrogens with zero attached hydrogens (tertiary/aromatic N) is 2. The van der Waals surface area contributed by atoms with E-state index in [2.05, 4.69) is 11.9 Å². The van der Waals surface area contributed by atoms with Crippen LogP contribution in [-0.4, -0.2) is 30.1 Å². The van der Waals surface area contributed by atoms with Crippen LogP contribution in [0.5, 0.6) is 0 Å². The summed E-state index contributed by atoms with van der Waals surface area (Å²) in [6.07, 6.45) is 3.48. The summed E-state index contributed by atoms with van der Waals surface area (Å²) in [5, 5.41) is 1.48. The number of carbonyl (C=O) groups excluding carboxylic acids is 1. The molecule has 2 N–H and O–H groups in total. The Kier molecular flexibility index (Phi) is 6.11. The van der Waals surface area contributed by atoms with Gasteiger partial charge in [-0.05, 0) is 53.3 Å². The number of halogens is 1. The van der Waals surface area contributed by atoms with Crippen molar-refractivity contribution in [2.45, 2.75) is 25.0 Å². The van der Waals surface area contributed by atoms with Gasteiger partial charge in [-0.2, -0.15) is 0 Å². The number of hydrogen-bond donors (Lipinski definition) is 1. The summed E-state index contributed by atoms with van der Waals surface area (Å²) in [7, 11) is -3.16. The van der Waals surface area contributed by atoms with Crippen LogP contribution in [0.1, 0.15) is 39.2 Å². The van der Waals surface area contributed by atoms with E-state index in [1.807, 2.05) is 41.0 Å². The molecular weight excluding hydrogens is 466 g/mol. The van der Waals surface area contributed by atoms with Crippen molar-refractivity contribution in [3.05, 3.63) is 81.4 Å². The van der Waals surface area contributed by atoms with Crippen LogP contribution in [0, 0.1) is 0 Å². The van der Waals surface area contributed by atoms with Crippen LogP contribution < -0.4 is 5.73 Å². The van der Waals surface area contributed by atoms with Crippen LogP contribution in [0.15, 0.2) is 54.9 Å². The normalized spacial score (nSPS) is 12.8. The molecule has 9 heteroatoms. The molecule has 0 bridgehead atoms. The molecule has 6 nitrogen and oxygen atoms in total. The van der Waals surface area contributed by atoms with Gasteiger partial charge in [-0.25, -0.2) is 13.4 Å². The summed E-state index contributed by atoms with van der Waals surface area (Å²) in [5.74, 6) is -0.443. The predicted molar refractivity (Wildman–Crippen MR) is 130 cm³/mol. The third kappa shape index (κ3) is 4.72. The number of nitrogens with two attached hydrogens (primary N) is 1. The molecule has 4 rings (SSSR count). The number of amides is 1. The second kappa shape index (κ2) is 8.69. The Morgan fingerprint density at radius 1 is 1.22 bits per heavy atom. The third-order valence-electron chi connectivity index (χ3n) is 5.26. The average molecular weight is 488 g/mol. The molecule has 166 valence electrons. The molecule has 0 unspecified atom stereocenters. The van der Waals surface area contributed by atoms with E-state index in [1.54, 1.807) is 18.5 Å². The van der Waals surface area contributed by atoms with E-state index in [9.17, 15) is 13.2 Å². The van der Waals surface area contributed by atoms with Gasteiger partial charge in [-0.3, -0.25) is 9.36 Å². The van der Waals surface area contributed by atoms with Crippen LogP contribution >= 0.6 is 22.9 Å². The Morgan fingerprint density at radius 2 is 1.97 bits per heavy atom. The molecule has 2 aromatic heterocycles. The summed E-state index contributed by atoms with van der Waals surface area (Å²) >= 11 is 7.65. The Hall–Kier alpha value is -2.68. The minimum Gasteiger partial charge on any atom is -0.365 e. The smallest absolute Gasteiger partial charge is 0.259 e. The van der Waals surface area contributed by atoms with Gasteiger partial charge in [0.15, 0.2) is 9.84 Å². The van der Waals surface area contributed by atoms with Crippen LogP contribution in [0.3, 0.4) is 0 Å². The molecule has 0 saturated carbocycles. The van der Waals surface area contributed by atoms with E-state index in [0.29, 0.717) is 21.9 Å². The fourth-order valence-electron chi connectivity index (χ4n) is 3.83. The largest absolute Gasteiger partial charge is 0.365 e. The van der Waals surface area contributed by atoms with Crippen molar-refractivity contribution in [2.75, 3.05) is 6.26 Å². The fraction of sp³-hybridized carbons (Fsp3) is 0.217. The first-order valence-corrected chi connectivity index (χ1v) is 13.2. The van der Waals surface area contributed by atoms with Crippen molar-refractivity contribution < 1.29 is 13.2 Å². The number of benzene rings is 2. The molecule has 0 fully saturated rings. The van der Waals surface area contributed by atoms with Crippen LogP contribution in [0.25, 0.3) is 16.0 Å². The second-order valence-electron chi connectivity index (χ2n) is 7.94. The highest BCUT2D eigenvalue weighted by Crippen LogP contribution is 2.33. The maximum Gasteiger partial charge on any atom is 0.259 e. The van der Waals surface area contributed by atoms with Crippen molar-refractivity contribution in [3.8, 4) is 5.00 Å². The van der Waals surface area contributed by atoms with Gasteiger partial charge < -0.3 is 5.73 Å². The summed E-state index contributed by atoms with van der Waals surface area (Å²) < 4.78 is 25.3. The highest BCUT2D eigenvalue weighted by Gasteiger charge is 2.20. The SMILES string of the molecule is C[C@@H](Cc1cc(-n2cnc3ccc(CS(C)(=O)=O)cc32)sc1C(N)=O)c1ccccc1Cl. The highest BCUT2D eigenvalue weighted by molar-refractivity contribution is 7.89. The van der Waals surface area contributed by atoms with Crippen LogP contribution in [0.2, 0.25) is 5.02 Å². The van der Waals surface area contributed by atoms with Crippen molar-refractivity contribution >= 4 is 49.7 Å². The standard InChI is InChI=1S/C23H22ClN3O3S2/c1-14(17-5-3-4-6-18(17)24)9-16-11-21(31-22(16)23(25)28)27-13-26-19-8-7-15(10-20(19)27)12-32(2,29)30/h3-8,10-11,13-14H,9,12H2,1-2H3,(H2,25,28)/t14-/m0/s1. The number of sulfone groups is 1. The minimum atomic E-state index is -3.16. The van der Waals surface area contributed by atoms with Crippen LogP contribution in [-0.2, 0) is 22.0 Å². The van der Waals surface area contributed by atoms with Gasteiger partial charge in [0.2, 0.25) is 0 Å². The van der Waals surface area contributed by atoms with E-state index >= 15 is 0 Å². The minimum absolute atomic E-state index is 0.0499. The number of fused-ring (bicyclic) bond motifs is 1. The number of carbonyl (C=O) groups is 1. The van der Waals surface area contributed by atoms with Crippen molar-refractivity contribution in [3.63, 3.8) is 0 Å². The van der Waals surface area contributed by atoms with Crippen molar-refractivity contribution in [2.24, 2.45) is 5.73 Å². The lowest BCUT2D eigenvalue weighted by Crippen LogP contribution is -2.12. The predicted octanol–water partition coefficient (Wildman–Crippen LogP) is 4.73. The molecule has 0 aliphatic rings. The van der Waals surface area contributed by atoms with Gasteiger partial charge in [0.25, 0.3) is 5.91 Å². The van der Waals surface area contributed by atoms with E-state index in [-0.39, 0.29) is 11.7 Å². The summed E-state index contributed by atoms with van der Waals surface area (Å²) in [4.78, 5) is 17.1. The molecule has 0 radical (unpaired) electrons. The van der Waals surface area contributed by atoms with Crippen molar-refractivity contribution in [1.82, 2.24) is 9.55 Å². The fourth-order valence-corrected chi connectivity index (χ4v) is 5.96. The number of aromatic nitrogens is 2. The first-order chi connectivity index (χ1) is 15.1. The average Bonchev–Trinajstić information content (AvgIpc) is 3.30. The molecular formula is C23H22ClN3O3S2. The summed E-state index contributed by atoms with van der Waals surface area (Å²) in [5.41, 5.74) is 9.73. The molecule has 0 aliphatic heterocycles. The molecule has 2 heterocycles. The number of imidazole rings is 1. The van der Waals surface area contributed by atoms with E-state index < -0.39 is 15.7 Å². The first-order valence-electron chi connectivity index (χ1n) is 9.93. The Morgan fingerprint density at radius 3 is 2.66 bits per heavy atom. The lowest BCUT2D eigenvalue weighted by atomic mass is 9.94. The zero-order valence-electron chi connectivity index (χ0n) is 17.6. The molecule has 1 atom stereocenters. The maximum atomic E-state index is 12.2. The number of primary amides is 1. The Labute approximate surface area is 195 Å². The second-order valence-corrected chi connectivity index (χ2v) is 11.5. The summed E-state index contributed by atoms with van der Waals surface area (Å²) in [6, 6.07) is 15.0. The van der Waals surface area contributed by atoms with Crippen LogP contribution in [0.4, 0.5) is 0 Å². The first kappa shape index (κ1) is 22.5. The van der Waals surface area contributed by atoms with Gasteiger partial charge >= 0.3 is 0 Å². The van der Waals surface area contributed by atoms with Crippen molar-refractivity contribution in [1.29, 1.82) is 0 Å². The number of rotatable bonds is 7. The Bertz CT molecular complexity index is 1420. The molecule has 1 amide bonds. The van der Waals surface area contributed by atoms with E-state index in [4.69, 9.17) is 17.3 Å². The lowest BCUT2D eigenvalue weighted by Gasteiger charge is -2.13. The number of thiophene rings is 1. The van der Waals surface area contributed by atoms with E-state index in [0.717, 1.165) is 27.2 Å². The molecule has 32 heavy (non-hydrogen) atoms. The number of hydrogen-bond acceptors (Lipinski definition) is 5. The molecule has 0 saturated heterocycles. The molecule has 0 spiro atoms. The lowest BCUT2D eigenvalue weighted by molar-refractivity contribution is 0.100. The molecule has 2 aromatic carbocycles. The zero-order chi connectivity index (χ0) is 23.0. The van der Waals surface area contributed by atoms with Gasteiger partial charge in [0, 0.05) is 11.3 Å². The topological polar surface area (TPSA) is 95.1 Å². The quantitative estimate of drug-likeness (QED) is 0.407. The van der Waals surface area contributed by atoms with Gasteiger partial charge in [0.05, 0.1) is 21.7 Å². The Balaban J connectivity index is 1.74. The van der Waals surface area contributed by atoms with E-state index in [1.165, 1.54) is 17.6 Å². The highest BCUT2D eigenvalue weighted by atomic mass is 35.5.